The Morgan fingerprint density at radius 1 is 1.23 bits per heavy atom. The van der Waals surface area contributed by atoms with Gasteiger partial charge in [0.2, 0.25) is 17.7 Å². The Balaban J connectivity index is 1.49. The molecule has 1 unspecified atom stereocenters. The molecular weight excluding hydrogens is 514 g/mol. The molecule has 1 aliphatic heterocycles. The van der Waals surface area contributed by atoms with Crippen molar-refractivity contribution in [3.8, 4) is 16.5 Å². The van der Waals surface area contributed by atoms with E-state index < -0.39 is 40.8 Å². The first-order chi connectivity index (χ1) is 18.3. The monoisotopic (exact) mass is 551 g/mol. The lowest BCUT2D eigenvalue weighted by Gasteiger charge is -2.36. The fraction of sp³-hybridized carbons (Fsp3) is 0.552. The highest BCUT2D eigenvalue weighted by Gasteiger charge is 2.53. The van der Waals surface area contributed by atoms with Crippen LogP contribution < -0.4 is 10.6 Å². The minimum atomic E-state index is -1.08. The lowest BCUT2D eigenvalue weighted by Crippen LogP contribution is -2.58. The number of aryl methyl sites for hydroxylation is 2. The van der Waals surface area contributed by atoms with Crippen LogP contribution in [0, 0.1) is 36.0 Å². The Morgan fingerprint density at radius 2 is 1.92 bits per heavy atom. The lowest BCUT2D eigenvalue weighted by molar-refractivity contribution is -0.144. The van der Waals surface area contributed by atoms with Crippen LogP contribution in [0.25, 0.3) is 10.4 Å². The molecular formula is C29H37N5O4S. The van der Waals surface area contributed by atoms with Gasteiger partial charge in [-0.15, -0.1) is 11.3 Å². The Hall–Kier alpha value is -3.29. The maximum Gasteiger partial charge on any atom is 0.246 e. The van der Waals surface area contributed by atoms with Gasteiger partial charge in [-0.1, -0.05) is 39.0 Å². The first-order valence-corrected chi connectivity index (χ1v) is 14.2. The van der Waals surface area contributed by atoms with E-state index in [2.05, 4.69) is 27.8 Å². The summed E-state index contributed by atoms with van der Waals surface area (Å²) in [7, 11) is 0. The third-order valence-electron chi connectivity index (χ3n) is 7.75. The highest BCUT2D eigenvalue weighted by Crippen LogP contribution is 2.45. The van der Waals surface area contributed by atoms with Crippen molar-refractivity contribution < 1.29 is 19.5 Å². The summed E-state index contributed by atoms with van der Waals surface area (Å²) in [6, 6.07) is 6.01. The number of β-amino-alcohol motifs (C(OH)–C–C–N with tert-alkyl or cyclic N) is 1. The molecule has 10 heteroatoms. The molecule has 0 spiro atoms. The summed E-state index contributed by atoms with van der Waals surface area (Å²) in [6.07, 6.45) is 0.194. The first kappa shape index (κ1) is 28.7. The third-order valence-corrected chi connectivity index (χ3v) is 8.73. The van der Waals surface area contributed by atoms with E-state index in [0.29, 0.717) is 12.8 Å². The Bertz CT molecular complexity index is 1320. The number of benzene rings is 1. The zero-order valence-corrected chi connectivity index (χ0v) is 24.2. The van der Waals surface area contributed by atoms with Crippen molar-refractivity contribution in [2.24, 2.45) is 10.8 Å². The predicted octanol–water partition coefficient (Wildman–Crippen LogP) is 3.40. The summed E-state index contributed by atoms with van der Waals surface area (Å²) < 4.78 is 0. The molecule has 2 fully saturated rings. The maximum absolute atomic E-state index is 13.7. The summed E-state index contributed by atoms with van der Waals surface area (Å²) in [5.41, 5.74) is 4.10. The van der Waals surface area contributed by atoms with Crippen LogP contribution in [0.4, 0.5) is 0 Å². The zero-order valence-electron chi connectivity index (χ0n) is 23.4. The number of aliphatic hydroxyl groups is 1. The van der Waals surface area contributed by atoms with Gasteiger partial charge in [-0.2, -0.15) is 5.26 Å². The van der Waals surface area contributed by atoms with Gasteiger partial charge < -0.3 is 20.6 Å². The maximum atomic E-state index is 13.7. The molecule has 4 atom stereocenters. The number of amides is 3. The number of hydrogen-bond donors (Lipinski definition) is 3. The number of thiazole rings is 1. The van der Waals surface area contributed by atoms with Crippen molar-refractivity contribution >= 4 is 29.1 Å². The predicted molar refractivity (Wildman–Crippen MR) is 148 cm³/mol. The molecule has 1 saturated heterocycles. The van der Waals surface area contributed by atoms with Crippen molar-refractivity contribution in [2.75, 3.05) is 6.54 Å². The van der Waals surface area contributed by atoms with Gasteiger partial charge in [0.25, 0.3) is 0 Å². The quantitative estimate of drug-likeness (QED) is 0.483. The number of carbonyl (C=O) groups excluding carboxylic acids is 3. The number of nitriles is 1. The molecule has 0 bridgehead atoms. The summed E-state index contributed by atoms with van der Waals surface area (Å²) >= 11 is 1.59. The molecule has 1 aromatic heterocycles. The van der Waals surface area contributed by atoms with Crippen LogP contribution in [0.3, 0.4) is 0 Å². The van der Waals surface area contributed by atoms with Gasteiger partial charge in [0.05, 0.1) is 34.3 Å². The molecule has 3 amide bonds. The molecule has 1 saturated carbocycles. The molecule has 2 heterocycles. The molecule has 3 N–H and O–H groups in total. The van der Waals surface area contributed by atoms with Crippen LogP contribution in [0.5, 0.6) is 0 Å². The fourth-order valence-electron chi connectivity index (χ4n) is 5.17. The number of nitrogens with one attached hydrogen (secondary N) is 2. The Morgan fingerprint density at radius 3 is 2.46 bits per heavy atom. The number of likely N-dealkylation sites (tertiary alicyclic amines) is 1. The molecule has 1 aromatic carbocycles. The number of hydrogen-bond acceptors (Lipinski definition) is 7. The molecule has 1 aliphatic carbocycles. The largest absolute Gasteiger partial charge is 0.391 e. The van der Waals surface area contributed by atoms with E-state index in [0.717, 1.165) is 27.3 Å². The van der Waals surface area contributed by atoms with E-state index in [1.165, 1.54) is 4.90 Å². The van der Waals surface area contributed by atoms with E-state index in [9.17, 15) is 24.8 Å². The van der Waals surface area contributed by atoms with E-state index >= 15 is 0 Å². The van der Waals surface area contributed by atoms with Crippen molar-refractivity contribution in [3.63, 3.8) is 0 Å². The van der Waals surface area contributed by atoms with Crippen molar-refractivity contribution in [1.82, 2.24) is 20.5 Å². The summed E-state index contributed by atoms with van der Waals surface area (Å²) in [6.45, 7) is 11.3. The third kappa shape index (κ3) is 5.85. The number of carbonyl (C=O) groups is 3. The van der Waals surface area contributed by atoms with Crippen LogP contribution in [0.15, 0.2) is 23.7 Å². The minimum Gasteiger partial charge on any atom is -0.391 e. The van der Waals surface area contributed by atoms with Crippen LogP contribution in [-0.4, -0.2) is 57.4 Å². The molecule has 9 nitrogen and oxygen atoms in total. The zero-order chi connectivity index (χ0) is 28.7. The van der Waals surface area contributed by atoms with E-state index in [1.54, 1.807) is 11.3 Å². The lowest BCUT2D eigenvalue weighted by atomic mass is 9.85. The van der Waals surface area contributed by atoms with Gasteiger partial charge in [0, 0.05) is 13.0 Å². The van der Waals surface area contributed by atoms with Crippen molar-refractivity contribution in [3.05, 3.63) is 40.5 Å². The summed E-state index contributed by atoms with van der Waals surface area (Å²) in [5.74, 6) is -1.25. The van der Waals surface area contributed by atoms with E-state index in [4.69, 9.17) is 0 Å². The SMILES string of the molecule is Cc1cc(-c2scnc2C)ccc1C(C)NC(=O)[C@@H]1C[C@@H](O)CN1C(=O)[C@@H](NC(=O)C1(C#N)CC1)C(C)(C)C. The molecule has 4 rings (SSSR count). The second-order valence-electron chi connectivity index (χ2n) is 11.9. The Labute approximate surface area is 233 Å². The van der Waals surface area contributed by atoms with Gasteiger partial charge in [0.15, 0.2) is 0 Å². The van der Waals surface area contributed by atoms with Gasteiger partial charge in [-0.3, -0.25) is 14.4 Å². The van der Waals surface area contributed by atoms with Gasteiger partial charge >= 0.3 is 0 Å². The van der Waals surface area contributed by atoms with Gasteiger partial charge in [-0.05, 0) is 55.7 Å². The number of nitrogens with zero attached hydrogens (tertiary/aromatic N) is 3. The van der Waals surface area contributed by atoms with Gasteiger partial charge in [-0.25, -0.2) is 4.98 Å². The van der Waals surface area contributed by atoms with Crippen molar-refractivity contribution in [2.45, 2.75) is 85.0 Å². The average molecular weight is 552 g/mol. The molecule has 208 valence electrons. The number of rotatable bonds is 7. The normalized spacial score (nSPS) is 21.5. The number of aromatic nitrogens is 1. The average Bonchev–Trinajstić information content (AvgIpc) is 3.40. The Kier molecular flexibility index (Phi) is 7.88. The first-order valence-electron chi connectivity index (χ1n) is 13.3. The smallest absolute Gasteiger partial charge is 0.246 e. The topological polar surface area (TPSA) is 135 Å². The second-order valence-corrected chi connectivity index (χ2v) is 12.8. The van der Waals surface area contributed by atoms with Crippen LogP contribution >= 0.6 is 11.3 Å². The van der Waals surface area contributed by atoms with Gasteiger partial charge in [0.1, 0.15) is 17.5 Å². The standard InChI is InChI=1S/C29H37N5O4S/c1-16-11-19(23-18(3)31-15-39-23)7-8-21(16)17(2)32-25(36)22-12-20(35)13-34(22)26(37)24(28(4,5)6)33-27(38)29(14-30)9-10-29/h7-8,11,15,17,20,22,24,35H,9-10,12-13H2,1-6H3,(H,32,36)(H,33,38)/t17?,20-,22+,24-/m1/s1. The molecule has 2 aromatic rings. The van der Waals surface area contributed by atoms with Crippen molar-refractivity contribution in [1.29, 1.82) is 5.26 Å². The second kappa shape index (κ2) is 10.7. The highest BCUT2D eigenvalue weighted by atomic mass is 32.1. The summed E-state index contributed by atoms with van der Waals surface area (Å²) in [5, 5.41) is 25.7. The van der Waals surface area contributed by atoms with E-state index in [-0.39, 0.29) is 24.9 Å². The minimum absolute atomic E-state index is 0.000923. The van der Waals surface area contributed by atoms with Crippen LogP contribution in [0.2, 0.25) is 0 Å². The van der Waals surface area contributed by atoms with Crippen LogP contribution in [-0.2, 0) is 14.4 Å². The highest BCUT2D eigenvalue weighted by molar-refractivity contribution is 7.13. The van der Waals surface area contributed by atoms with E-state index in [1.807, 2.05) is 59.2 Å². The molecule has 0 radical (unpaired) electrons. The van der Waals surface area contributed by atoms with Crippen LogP contribution in [0.1, 0.15) is 69.8 Å². The molecule has 2 aliphatic rings. The fourth-order valence-corrected chi connectivity index (χ4v) is 5.98. The summed E-state index contributed by atoms with van der Waals surface area (Å²) in [4.78, 5) is 46.8. The number of aliphatic hydroxyl groups excluding tert-OH is 1. The molecule has 39 heavy (non-hydrogen) atoms.